The molecule has 15 heavy (non-hydrogen) atoms. The second-order valence-corrected chi connectivity index (χ2v) is 4.21. The van der Waals surface area contributed by atoms with Crippen LogP contribution in [0.2, 0.25) is 0 Å². The van der Waals surface area contributed by atoms with Crippen molar-refractivity contribution in [1.82, 2.24) is 4.98 Å². The summed E-state index contributed by atoms with van der Waals surface area (Å²) in [5.74, 6) is 0.443. The van der Waals surface area contributed by atoms with Crippen molar-refractivity contribution in [3.63, 3.8) is 0 Å². The summed E-state index contributed by atoms with van der Waals surface area (Å²) in [4.78, 5) is 4.49. The molecule has 1 heterocycles. The minimum Gasteiger partial charge on any atom is -0.387 e. The van der Waals surface area contributed by atoms with Crippen molar-refractivity contribution < 1.29 is 5.11 Å². The molecule has 2 heteroatoms. The molecular formula is C13H13NO. The smallest absolute Gasteiger partial charge is 0.0988 e. The number of aliphatic hydroxyl groups excluding tert-OH is 1. The Morgan fingerprint density at radius 1 is 1.13 bits per heavy atom. The predicted molar refractivity (Wildman–Crippen MR) is 59.4 cm³/mol. The van der Waals surface area contributed by atoms with Crippen LogP contribution in [0.4, 0.5) is 0 Å². The minimum absolute atomic E-state index is 0.366. The van der Waals surface area contributed by atoms with Gasteiger partial charge < -0.3 is 5.11 Å². The van der Waals surface area contributed by atoms with Gasteiger partial charge in [0.25, 0.3) is 0 Å². The van der Waals surface area contributed by atoms with Crippen molar-refractivity contribution >= 4 is 10.9 Å². The summed E-state index contributed by atoms with van der Waals surface area (Å²) in [7, 11) is 0. The number of nitrogens with zero attached hydrogens (tertiary/aromatic N) is 1. The summed E-state index contributed by atoms with van der Waals surface area (Å²) in [5.41, 5.74) is 1.78. The van der Waals surface area contributed by atoms with Crippen LogP contribution in [-0.2, 0) is 0 Å². The Kier molecular flexibility index (Phi) is 1.96. The Morgan fingerprint density at radius 2 is 1.93 bits per heavy atom. The van der Waals surface area contributed by atoms with Gasteiger partial charge in [-0.3, -0.25) is 4.98 Å². The van der Waals surface area contributed by atoms with Crippen LogP contribution in [0.5, 0.6) is 0 Å². The zero-order chi connectivity index (χ0) is 10.3. The standard InChI is InChI=1S/C13H13NO/c15-13(10-5-6-10)12-8-7-9-3-1-2-4-11(9)14-12/h1-4,7-8,10,13,15H,5-6H2/t13-/m1/s1. The number of fused-ring (bicyclic) bond motifs is 1. The van der Waals surface area contributed by atoms with E-state index >= 15 is 0 Å². The van der Waals surface area contributed by atoms with E-state index in [-0.39, 0.29) is 6.10 Å². The van der Waals surface area contributed by atoms with Crippen molar-refractivity contribution in [3.8, 4) is 0 Å². The normalized spacial score (nSPS) is 17.9. The predicted octanol–water partition coefficient (Wildman–Crippen LogP) is 2.68. The third-order valence-corrected chi connectivity index (χ3v) is 2.99. The largest absolute Gasteiger partial charge is 0.387 e. The van der Waals surface area contributed by atoms with Gasteiger partial charge in [-0.1, -0.05) is 24.3 Å². The lowest BCUT2D eigenvalue weighted by molar-refractivity contribution is 0.149. The third-order valence-electron chi connectivity index (χ3n) is 2.99. The monoisotopic (exact) mass is 199 g/mol. The molecule has 0 saturated heterocycles. The summed E-state index contributed by atoms with van der Waals surface area (Å²) < 4.78 is 0. The molecule has 2 nitrogen and oxygen atoms in total. The highest BCUT2D eigenvalue weighted by molar-refractivity contribution is 5.78. The zero-order valence-electron chi connectivity index (χ0n) is 8.43. The van der Waals surface area contributed by atoms with E-state index in [1.165, 1.54) is 0 Å². The second kappa shape index (κ2) is 3.31. The van der Waals surface area contributed by atoms with Gasteiger partial charge in [-0.05, 0) is 30.9 Å². The summed E-state index contributed by atoms with van der Waals surface area (Å²) >= 11 is 0. The molecule has 1 saturated carbocycles. The van der Waals surface area contributed by atoms with Crippen LogP contribution in [-0.4, -0.2) is 10.1 Å². The molecule has 0 radical (unpaired) electrons. The molecule has 1 atom stereocenters. The first-order chi connectivity index (χ1) is 7.34. The van der Waals surface area contributed by atoms with E-state index in [2.05, 4.69) is 4.98 Å². The lowest BCUT2D eigenvalue weighted by Crippen LogP contribution is -2.02. The maximum atomic E-state index is 9.96. The van der Waals surface area contributed by atoms with Gasteiger partial charge in [-0.25, -0.2) is 0 Å². The number of rotatable bonds is 2. The van der Waals surface area contributed by atoms with Crippen LogP contribution >= 0.6 is 0 Å². The quantitative estimate of drug-likeness (QED) is 0.806. The van der Waals surface area contributed by atoms with Gasteiger partial charge in [-0.15, -0.1) is 0 Å². The third kappa shape index (κ3) is 1.61. The van der Waals surface area contributed by atoms with E-state index in [0.29, 0.717) is 5.92 Å². The molecule has 76 valence electrons. The minimum atomic E-state index is -0.366. The highest BCUT2D eigenvalue weighted by atomic mass is 16.3. The first-order valence-corrected chi connectivity index (χ1v) is 5.38. The Hall–Kier alpha value is -1.41. The Bertz CT molecular complexity index is 491. The molecule has 3 rings (SSSR count). The lowest BCUT2D eigenvalue weighted by Gasteiger charge is -2.08. The first kappa shape index (κ1) is 8.86. The van der Waals surface area contributed by atoms with E-state index in [0.717, 1.165) is 29.4 Å². The number of para-hydroxylation sites is 1. The zero-order valence-corrected chi connectivity index (χ0v) is 8.43. The molecule has 1 aromatic carbocycles. The summed E-state index contributed by atoms with van der Waals surface area (Å²) in [6.07, 6.45) is 1.90. The molecule has 1 aromatic heterocycles. The van der Waals surface area contributed by atoms with Crippen LogP contribution in [0, 0.1) is 5.92 Å². The summed E-state index contributed by atoms with van der Waals surface area (Å²) in [6, 6.07) is 12.0. The first-order valence-electron chi connectivity index (χ1n) is 5.38. The molecular weight excluding hydrogens is 186 g/mol. The van der Waals surface area contributed by atoms with Gasteiger partial charge in [-0.2, -0.15) is 0 Å². The van der Waals surface area contributed by atoms with Crippen LogP contribution < -0.4 is 0 Å². The molecule has 0 spiro atoms. The van der Waals surface area contributed by atoms with Gasteiger partial charge in [0.05, 0.1) is 17.3 Å². The fourth-order valence-corrected chi connectivity index (χ4v) is 1.90. The van der Waals surface area contributed by atoms with Gasteiger partial charge in [0, 0.05) is 5.39 Å². The van der Waals surface area contributed by atoms with Crippen molar-refractivity contribution in [3.05, 3.63) is 42.1 Å². The molecule has 0 amide bonds. The number of pyridine rings is 1. The average molecular weight is 199 g/mol. The van der Waals surface area contributed by atoms with Crippen LogP contribution in [0.3, 0.4) is 0 Å². The van der Waals surface area contributed by atoms with Gasteiger partial charge in [0.15, 0.2) is 0 Å². The SMILES string of the molecule is O[C@@H](c1ccc2ccccc2n1)C1CC1. The summed E-state index contributed by atoms with van der Waals surface area (Å²) in [5, 5.41) is 11.1. The van der Waals surface area contributed by atoms with E-state index in [1.807, 2.05) is 36.4 Å². The molecule has 0 unspecified atom stereocenters. The molecule has 1 aliphatic carbocycles. The van der Waals surface area contributed by atoms with Crippen LogP contribution in [0.25, 0.3) is 10.9 Å². The van der Waals surface area contributed by atoms with Crippen LogP contribution in [0.1, 0.15) is 24.6 Å². The Balaban J connectivity index is 2.05. The molecule has 2 aromatic rings. The molecule has 0 aliphatic heterocycles. The van der Waals surface area contributed by atoms with E-state index in [1.54, 1.807) is 0 Å². The topological polar surface area (TPSA) is 33.1 Å². The summed E-state index contributed by atoms with van der Waals surface area (Å²) in [6.45, 7) is 0. The number of hydrogen-bond acceptors (Lipinski definition) is 2. The number of aromatic nitrogens is 1. The van der Waals surface area contributed by atoms with Gasteiger partial charge in [0.1, 0.15) is 0 Å². The van der Waals surface area contributed by atoms with E-state index in [4.69, 9.17) is 0 Å². The molecule has 1 N–H and O–H groups in total. The van der Waals surface area contributed by atoms with E-state index < -0.39 is 0 Å². The molecule has 1 fully saturated rings. The van der Waals surface area contributed by atoms with Crippen LogP contribution in [0.15, 0.2) is 36.4 Å². The van der Waals surface area contributed by atoms with Crippen molar-refractivity contribution in [1.29, 1.82) is 0 Å². The molecule has 1 aliphatic rings. The number of aliphatic hydroxyl groups is 1. The van der Waals surface area contributed by atoms with Gasteiger partial charge >= 0.3 is 0 Å². The number of benzene rings is 1. The Labute approximate surface area is 88.6 Å². The average Bonchev–Trinajstić information content (AvgIpc) is 3.11. The maximum Gasteiger partial charge on any atom is 0.0988 e. The van der Waals surface area contributed by atoms with E-state index in [9.17, 15) is 5.11 Å². The highest BCUT2D eigenvalue weighted by Gasteiger charge is 2.31. The highest BCUT2D eigenvalue weighted by Crippen LogP contribution is 2.40. The lowest BCUT2D eigenvalue weighted by atomic mass is 10.1. The number of hydrogen-bond donors (Lipinski definition) is 1. The van der Waals surface area contributed by atoms with Crippen molar-refractivity contribution in [2.45, 2.75) is 18.9 Å². The van der Waals surface area contributed by atoms with Gasteiger partial charge in [0.2, 0.25) is 0 Å². The van der Waals surface area contributed by atoms with Crippen molar-refractivity contribution in [2.75, 3.05) is 0 Å². The molecule has 0 bridgehead atoms. The second-order valence-electron chi connectivity index (χ2n) is 4.21. The maximum absolute atomic E-state index is 9.96. The fourth-order valence-electron chi connectivity index (χ4n) is 1.90. The Morgan fingerprint density at radius 3 is 2.73 bits per heavy atom. The van der Waals surface area contributed by atoms with Crippen molar-refractivity contribution in [2.24, 2.45) is 5.92 Å². The fraction of sp³-hybridized carbons (Fsp3) is 0.308.